The summed E-state index contributed by atoms with van der Waals surface area (Å²) < 4.78 is 5.90. The van der Waals surface area contributed by atoms with Crippen molar-refractivity contribution in [2.45, 2.75) is 38.0 Å². The van der Waals surface area contributed by atoms with Crippen LogP contribution in [-0.4, -0.2) is 52.1 Å². The van der Waals surface area contributed by atoms with E-state index in [0.717, 1.165) is 47.5 Å². The number of piperidine rings is 1. The van der Waals surface area contributed by atoms with Crippen molar-refractivity contribution in [3.05, 3.63) is 66.1 Å². The Morgan fingerprint density at radius 1 is 0.906 bits per heavy atom. The number of hydrogen-bond donors (Lipinski definition) is 0. The number of rotatable bonds is 5. The fraction of sp³-hybridized carbons (Fsp3) is 0.360. The molecule has 0 saturated carbocycles. The molecule has 1 aromatic heterocycles. The van der Waals surface area contributed by atoms with Crippen LogP contribution in [0.15, 0.2) is 64.1 Å². The quantitative estimate of drug-likeness (QED) is 0.614. The normalized spacial score (nSPS) is 17.1. The van der Waals surface area contributed by atoms with Crippen LogP contribution in [0.25, 0.3) is 11.1 Å². The molecule has 2 aromatic carbocycles. The largest absolute Gasteiger partial charge is 0.440 e. The highest BCUT2D eigenvalue weighted by atomic mass is 16.3. The number of carbonyl (C=O) groups excluding carboxylic acids is 2. The van der Waals surface area contributed by atoms with Gasteiger partial charge in [0.05, 0.1) is 12.3 Å². The van der Waals surface area contributed by atoms with Crippen molar-refractivity contribution < 1.29 is 14.0 Å². The average molecular weight is 431 g/mol. The minimum absolute atomic E-state index is 0.0285. The van der Waals surface area contributed by atoms with E-state index in [2.05, 4.69) is 10.1 Å². The van der Waals surface area contributed by atoms with E-state index in [4.69, 9.17) is 4.42 Å². The Balaban J connectivity index is 1.10. The minimum atomic E-state index is -0.0920. The molecule has 2 aliphatic heterocycles. The first-order chi connectivity index (χ1) is 15.7. The molecule has 0 unspecified atom stereocenters. The van der Waals surface area contributed by atoms with E-state index in [1.807, 2.05) is 59.5 Å². The SMILES string of the molecule is O=C(CCC(=O)N1CCC(c2ccccc2)=N1)N1CCC(c2nc3ccccc3o2)CC1. The van der Waals surface area contributed by atoms with Gasteiger partial charge in [-0.2, -0.15) is 5.10 Å². The minimum Gasteiger partial charge on any atom is -0.440 e. The van der Waals surface area contributed by atoms with Crippen LogP contribution in [0.5, 0.6) is 0 Å². The Hall–Kier alpha value is -3.48. The van der Waals surface area contributed by atoms with Gasteiger partial charge in [-0.25, -0.2) is 9.99 Å². The third-order valence-electron chi connectivity index (χ3n) is 6.26. The lowest BCUT2D eigenvalue weighted by atomic mass is 9.96. The molecule has 7 heteroatoms. The molecule has 5 rings (SSSR count). The zero-order valence-corrected chi connectivity index (χ0v) is 17.9. The number of hydrogen-bond acceptors (Lipinski definition) is 5. The summed E-state index contributed by atoms with van der Waals surface area (Å²) in [5, 5.41) is 5.98. The van der Waals surface area contributed by atoms with Crippen LogP contribution in [0.4, 0.5) is 0 Å². The van der Waals surface area contributed by atoms with Crippen LogP contribution in [0, 0.1) is 0 Å². The van der Waals surface area contributed by atoms with Crippen LogP contribution in [0.2, 0.25) is 0 Å². The second kappa shape index (κ2) is 8.94. The lowest BCUT2D eigenvalue weighted by molar-refractivity contribution is -0.137. The van der Waals surface area contributed by atoms with Crippen LogP contribution in [-0.2, 0) is 9.59 Å². The smallest absolute Gasteiger partial charge is 0.243 e. The maximum Gasteiger partial charge on any atom is 0.243 e. The highest BCUT2D eigenvalue weighted by molar-refractivity contribution is 6.02. The van der Waals surface area contributed by atoms with Gasteiger partial charge in [-0.1, -0.05) is 42.5 Å². The lowest BCUT2D eigenvalue weighted by Gasteiger charge is -2.30. The molecular formula is C25H26N4O3. The Kier molecular flexibility index (Phi) is 5.71. The third-order valence-corrected chi connectivity index (χ3v) is 6.26. The number of benzene rings is 2. The molecule has 0 N–H and O–H groups in total. The number of fused-ring (bicyclic) bond motifs is 1. The van der Waals surface area contributed by atoms with Crippen LogP contribution in [0.3, 0.4) is 0 Å². The summed E-state index contributed by atoms with van der Waals surface area (Å²) in [5.41, 5.74) is 3.64. The first kappa shape index (κ1) is 20.4. The molecule has 0 aliphatic carbocycles. The first-order valence-electron chi connectivity index (χ1n) is 11.2. The number of para-hydroxylation sites is 2. The van der Waals surface area contributed by atoms with E-state index >= 15 is 0 Å². The predicted molar refractivity (Wildman–Crippen MR) is 121 cm³/mol. The summed E-state index contributed by atoms with van der Waals surface area (Å²) in [5.74, 6) is 0.921. The molecule has 2 amide bonds. The number of aromatic nitrogens is 1. The van der Waals surface area contributed by atoms with E-state index in [1.165, 1.54) is 5.01 Å². The highest BCUT2D eigenvalue weighted by Gasteiger charge is 2.28. The summed E-state index contributed by atoms with van der Waals surface area (Å²) in [7, 11) is 0. The van der Waals surface area contributed by atoms with Gasteiger partial charge in [0.2, 0.25) is 11.8 Å². The van der Waals surface area contributed by atoms with Crippen LogP contribution in [0.1, 0.15) is 49.5 Å². The van der Waals surface area contributed by atoms with E-state index in [9.17, 15) is 9.59 Å². The van der Waals surface area contributed by atoms with E-state index < -0.39 is 0 Å². The van der Waals surface area contributed by atoms with E-state index in [0.29, 0.717) is 19.6 Å². The van der Waals surface area contributed by atoms with Gasteiger partial charge >= 0.3 is 0 Å². The summed E-state index contributed by atoms with van der Waals surface area (Å²) >= 11 is 0. The Bertz CT molecular complexity index is 1110. The molecule has 3 heterocycles. The van der Waals surface area contributed by atoms with Gasteiger partial charge in [0.1, 0.15) is 5.52 Å². The highest BCUT2D eigenvalue weighted by Crippen LogP contribution is 2.30. The molecule has 0 bridgehead atoms. The number of hydrazone groups is 1. The Morgan fingerprint density at radius 2 is 1.62 bits per heavy atom. The number of oxazole rings is 1. The van der Waals surface area contributed by atoms with Gasteiger partial charge in [0.15, 0.2) is 11.5 Å². The second-order valence-electron chi connectivity index (χ2n) is 8.35. The lowest BCUT2D eigenvalue weighted by Crippen LogP contribution is -2.38. The molecule has 1 fully saturated rings. The Labute approximate surface area is 186 Å². The molecular weight excluding hydrogens is 404 g/mol. The number of carbonyl (C=O) groups is 2. The predicted octanol–water partition coefficient (Wildman–Crippen LogP) is 3.95. The molecule has 164 valence electrons. The first-order valence-corrected chi connectivity index (χ1v) is 11.2. The van der Waals surface area contributed by atoms with Gasteiger partial charge in [0.25, 0.3) is 0 Å². The molecule has 32 heavy (non-hydrogen) atoms. The monoisotopic (exact) mass is 430 g/mol. The summed E-state index contributed by atoms with van der Waals surface area (Å²) in [6, 6.07) is 17.7. The zero-order chi connectivity index (χ0) is 21.9. The fourth-order valence-electron chi connectivity index (χ4n) is 4.41. The van der Waals surface area contributed by atoms with Crippen molar-refractivity contribution in [1.82, 2.24) is 14.9 Å². The van der Waals surface area contributed by atoms with Crippen molar-refractivity contribution in [3.8, 4) is 0 Å². The van der Waals surface area contributed by atoms with Gasteiger partial charge in [-0.15, -0.1) is 0 Å². The molecule has 7 nitrogen and oxygen atoms in total. The number of amides is 2. The molecule has 0 atom stereocenters. The van der Waals surface area contributed by atoms with Crippen molar-refractivity contribution in [1.29, 1.82) is 0 Å². The molecule has 0 spiro atoms. The van der Waals surface area contributed by atoms with Crippen molar-refractivity contribution in [3.63, 3.8) is 0 Å². The summed E-state index contributed by atoms with van der Waals surface area (Å²) in [4.78, 5) is 31.7. The second-order valence-corrected chi connectivity index (χ2v) is 8.35. The molecule has 1 saturated heterocycles. The number of nitrogens with zero attached hydrogens (tertiary/aromatic N) is 4. The maximum atomic E-state index is 12.7. The van der Waals surface area contributed by atoms with Crippen LogP contribution >= 0.6 is 0 Å². The van der Waals surface area contributed by atoms with Gasteiger partial charge in [-0.3, -0.25) is 9.59 Å². The molecule has 2 aliphatic rings. The van der Waals surface area contributed by atoms with E-state index in [-0.39, 0.29) is 30.6 Å². The van der Waals surface area contributed by atoms with Gasteiger partial charge < -0.3 is 9.32 Å². The summed E-state index contributed by atoms with van der Waals surface area (Å²) in [6.07, 6.45) is 2.80. The van der Waals surface area contributed by atoms with Crippen molar-refractivity contribution >= 4 is 28.6 Å². The van der Waals surface area contributed by atoms with Gasteiger partial charge in [0, 0.05) is 38.3 Å². The Morgan fingerprint density at radius 3 is 2.41 bits per heavy atom. The van der Waals surface area contributed by atoms with Crippen molar-refractivity contribution in [2.75, 3.05) is 19.6 Å². The summed E-state index contributed by atoms with van der Waals surface area (Å²) in [6.45, 7) is 1.90. The molecule has 3 aromatic rings. The topological polar surface area (TPSA) is 79.0 Å². The number of likely N-dealkylation sites (tertiary alicyclic amines) is 1. The zero-order valence-electron chi connectivity index (χ0n) is 17.9. The standard InChI is InChI=1S/C25H26N4O3/c30-23(10-11-24(31)29-17-14-20(27-29)18-6-2-1-3-7-18)28-15-12-19(13-16-28)25-26-21-8-4-5-9-22(21)32-25/h1-9,19H,10-17H2. The fourth-order valence-corrected chi connectivity index (χ4v) is 4.41. The third kappa shape index (κ3) is 4.28. The van der Waals surface area contributed by atoms with E-state index in [1.54, 1.807) is 0 Å². The maximum absolute atomic E-state index is 12.7. The molecule has 0 radical (unpaired) electrons. The van der Waals surface area contributed by atoms with Gasteiger partial charge in [-0.05, 0) is 30.5 Å². The van der Waals surface area contributed by atoms with Crippen molar-refractivity contribution in [2.24, 2.45) is 5.10 Å². The van der Waals surface area contributed by atoms with Crippen LogP contribution < -0.4 is 0 Å². The average Bonchev–Trinajstić information content (AvgIpc) is 3.51.